The number of fused-ring (bicyclic) bond motifs is 1. The third-order valence-electron chi connectivity index (χ3n) is 5.69. The van der Waals surface area contributed by atoms with Gasteiger partial charge in [0.15, 0.2) is 11.4 Å². The molecule has 0 saturated carbocycles. The average molecular weight is 520 g/mol. The topological polar surface area (TPSA) is 134 Å². The first-order valence-electron chi connectivity index (χ1n) is 11.4. The highest BCUT2D eigenvalue weighted by Gasteiger charge is 2.24. The summed E-state index contributed by atoms with van der Waals surface area (Å²) in [5, 5.41) is 8.68. The number of para-hydroxylation sites is 1. The molecule has 3 aromatic carbocycles. The van der Waals surface area contributed by atoms with Gasteiger partial charge in [0, 0.05) is 18.3 Å². The molecule has 5 rings (SSSR count). The lowest BCUT2D eigenvalue weighted by Crippen LogP contribution is -2.15. The molecular weight excluding hydrogens is 494 g/mol. The van der Waals surface area contributed by atoms with Crippen molar-refractivity contribution in [3.05, 3.63) is 95.8 Å². The Labute approximate surface area is 213 Å². The van der Waals surface area contributed by atoms with Crippen LogP contribution in [0.25, 0.3) is 11.0 Å². The number of hydrogen-bond acceptors (Lipinski definition) is 8. The number of aromatic nitrogens is 3. The zero-order chi connectivity index (χ0) is 25.8. The van der Waals surface area contributed by atoms with Crippen LogP contribution >= 0.6 is 0 Å². The highest BCUT2D eigenvalue weighted by Crippen LogP contribution is 2.36. The molecule has 0 radical (unpaired) electrons. The molecular formula is C26H25N5O5S. The SMILES string of the molecule is COc1cc(Cn2cc(CN)cn2)cc2onc(NS(=O)(=O)c3ccccc3OCc3ccccc3)c12. The summed E-state index contributed by atoms with van der Waals surface area (Å²) in [6.45, 7) is 1.06. The minimum absolute atomic E-state index is 0.0146. The second-order valence-electron chi connectivity index (χ2n) is 8.28. The molecule has 0 fully saturated rings. The van der Waals surface area contributed by atoms with Gasteiger partial charge < -0.3 is 19.7 Å². The number of rotatable bonds is 10. The van der Waals surface area contributed by atoms with E-state index >= 15 is 0 Å². The number of hydrogen-bond donors (Lipinski definition) is 2. The lowest BCUT2D eigenvalue weighted by Gasteiger charge is -2.13. The number of anilines is 1. The van der Waals surface area contributed by atoms with Gasteiger partial charge in [0.1, 0.15) is 28.4 Å². The Morgan fingerprint density at radius 1 is 1.00 bits per heavy atom. The summed E-state index contributed by atoms with van der Waals surface area (Å²) in [5.74, 6) is 0.643. The summed E-state index contributed by atoms with van der Waals surface area (Å²) in [7, 11) is -2.58. The fraction of sp³-hybridized carbons (Fsp3) is 0.154. The van der Waals surface area contributed by atoms with Crippen molar-refractivity contribution in [1.29, 1.82) is 0 Å². The van der Waals surface area contributed by atoms with Crippen molar-refractivity contribution in [2.75, 3.05) is 11.8 Å². The Balaban J connectivity index is 1.42. The maximum Gasteiger partial charge on any atom is 0.266 e. The molecule has 0 atom stereocenters. The first-order chi connectivity index (χ1) is 18.0. The van der Waals surface area contributed by atoms with Crippen LogP contribution in [0.2, 0.25) is 0 Å². The van der Waals surface area contributed by atoms with Crippen molar-refractivity contribution in [3.63, 3.8) is 0 Å². The van der Waals surface area contributed by atoms with Gasteiger partial charge in [0.25, 0.3) is 10.0 Å². The van der Waals surface area contributed by atoms with E-state index in [1.807, 2.05) is 36.5 Å². The summed E-state index contributed by atoms with van der Waals surface area (Å²) in [6.07, 6.45) is 3.56. The number of benzene rings is 3. The molecule has 10 nitrogen and oxygen atoms in total. The quantitative estimate of drug-likeness (QED) is 0.284. The van der Waals surface area contributed by atoms with Gasteiger partial charge in [-0.3, -0.25) is 9.40 Å². The molecule has 0 amide bonds. The maximum atomic E-state index is 13.4. The van der Waals surface area contributed by atoms with Crippen molar-refractivity contribution < 1.29 is 22.4 Å². The minimum atomic E-state index is -4.07. The first-order valence-corrected chi connectivity index (χ1v) is 12.9. The summed E-state index contributed by atoms with van der Waals surface area (Å²) in [6, 6.07) is 19.5. The van der Waals surface area contributed by atoms with Crippen LogP contribution in [0.1, 0.15) is 16.7 Å². The fourth-order valence-electron chi connectivity index (χ4n) is 3.91. The maximum absolute atomic E-state index is 13.4. The number of nitrogens with two attached hydrogens (primary N) is 1. The molecule has 0 bridgehead atoms. The van der Waals surface area contributed by atoms with Gasteiger partial charge in [0.05, 0.1) is 19.9 Å². The first kappa shape index (κ1) is 24.3. The molecule has 0 unspecified atom stereocenters. The zero-order valence-corrected chi connectivity index (χ0v) is 20.8. The van der Waals surface area contributed by atoms with Gasteiger partial charge in [-0.2, -0.15) is 5.10 Å². The average Bonchev–Trinajstić information content (AvgIpc) is 3.54. The second-order valence-corrected chi connectivity index (χ2v) is 9.93. The van der Waals surface area contributed by atoms with Crippen molar-refractivity contribution >= 4 is 26.8 Å². The Morgan fingerprint density at radius 2 is 1.78 bits per heavy atom. The molecule has 0 aliphatic heterocycles. The Bertz CT molecular complexity index is 1630. The summed E-state index contributed by atoms with van der Waals surface area (Å²) < 4.78 is 47.9. The Kier molecular flexibility index (Phi) is 6.80. The van der Waals surface area contributed by atoms with E-state index in [-0.39, 0.29) is 23.1 Å². The molecule has 0 spiro atoms. The minimum Gasteiger partial charge on any atom is -0.496 e. The van der Waals surface area contributed by atoms with Crippen molar-refractivity contribution in [2.24, 2.45) is 5.73 Å². The van der Waals surface area contributed by atoms with E-state index in [2.05, 4.69) is 15.0 Å². The van der Waals surface area contributed by atoms with Gasteiger partial charge >= 0.3 is 0 Å². The molecule has 0 aliphatic carbocycles. The lowest BCUT2D eigenvalue weighted by molar-refractivity contribution is 0.298. The van der Waals surface area contributed by atoms with Crippen LogP contribution in [0.4, 0.5) is 5.82 Å². The molecule has 0 aliphatic rings. The van der Waals surface area contributed by atoms with E-state index < -0.39 is 10.0 Å². The molecule has 190 valence electrons. The highest BCUT2D eigenvalue weighted by molar-refractivity contribution is 7.92. The summed E-state index contributed by atoms with van der Waals surface area (Å²) in [5.41, 5.74) is 8.70. The number of ether oxygens (including phenoxy) is 2. The standard InChI is InChI=1S/C26H25N5O5S/c1-34-22-11-19(15-31-16-20(13-27)14-28-31)12-23-25(22)26(29-36-23)30-37(32,33)24-10-6-5-9-21(24)35-17-18-7-3-2-4-8-18/h2-12,14,16H,13,15,17,27H2,1H3,(H,29,30). The third kappa shape index (κ3) is 5.27. The lowest BCUT2D eigenvalue weighted by atomic mass is 10.1. The number of methoxy groups -OCH3 is 1. The van der Waals surface area contributed by atoms with Crippen LogP contribution < -0.4 is 19.9 Å². The normalized spacial score (nSPS) is 11.5. The van der Waals surface area contributed by atoms with Crippen molar-refractivity contribution in [2.45, 2.75) is 24.6 Å². The Hall–Kier alpha value is -4.35. The molecule has 2 aromatic heterocycles. The largest absolute Gasteiger partial charge is 0.496 e. The molecule has 2 heterocycles. The van der Waals surface area contributed by atoms with Gasteiger partial charge in [-0.1, -0.05) is 47.6 Å². The molecule has 11 heteroatoms. The number of sulfonamides is 1. The van der Waals surface area contributed by atoms with Crippen LogP contribution in [0.3, 0.4) is 0 Å². The zero-order valence-electron chi connectivity index (χ0n) is 20.0. The van der Waals surface area contributed by atoms with Crippen LogP contribution in [-0.2, 0) is 29.7 Å². The summed E-state index contributed by atoms with van der Waals surface area (Å²) in [4.78, 5) is -0.0212. The summed E-state index contributed by atoms with van der Waals surface area (Å²) >= 11 is 0. The second kappa shape index (κ2) is 10.3. The highest BCUT2D eigenvalue weighted by atomic mass is 32.2. The van der Waals surface area contributed by atoms with Gasteiger partial charge in [0.2, 0.25) is 0 Å². The van der Waals surface area contributed by atoms with E-state index in [4.69, 9.17) is 19.7 Å². The van der Waals surface area contributed by atoms with E-state index in [1.165, 1.54) is 13.2 Å². The molecule has 37 heavy (non-hydrogen) atoms. The van der Waals surface area contributed by atoms with E-state index in [0.717, 1.165) is 16.7 Å². The van der Waals surface area contributed by atoms with Gasteiger partial charge in [-0.25, -0.2) is 8.42 Å². The monoisotopic (exact) mass is 519 g/mol. The molecule has 0 saturated heterocycles. The predicted molar refractivity (Wildman–Crippen MR) is 138 cm³/mol. The number of nitrogens with one attached hydrogen (secondary N) is 1. The van der Waals surface area contributed by atoms with E-state index in [0.29, 0.717) is 29.8 Å². The Morgan fingerprint density at radius 3 is 2.54 bits per heavy atom. The smallest absolute Gasteiger partial charge is 0.266 e. The predicted octanol–water partition coefficient (Wildman–Crippen LogP) is 3.92. The molecule has 5 aromatic rings. The third-order valence-corrected chi connectivity index (χ3v) is 7.07. The van der Waals surface area contributed by atoms with Gasteiger partial charge in [-0.05, 0) is 35.4 Å². The van der Waals surface area contributed by atoms with Crippen LogP contribution in [0.5, 0.6) is 11.5 Å². The van der Waals surface area contributed by atoms with Crippen LogP contribution in [0.15, 0.2) is 88.5 Å². The molecule has 3 N–H and O–H groups in total. The van der Waals surface area contributed by atoms with Crippen LogP contribution in [0, 0.1) is 0 Å². The number of nitrogens with zero attached hydrogens (tertiary/aromatic N) is 3. The van der Waals surface area contributed by atoms with Gasteiger partial charge in [-0.15, -0.1) is 0 Å². The van der Waals surface area contributed by atoms with E-state index in [1.54, 1.807) is 41.2 Å². The van der Waals surface area contributed by atoms with Crippen LogP contribution in [-0.4, -0.2) is 30.5 Å². The van der Waals surface area contributed by atoms with E-state index in [9.17, 15) is 8.42 Å². The van der Waals surface area contributed by atoms with Crippen molar-refractivity contribution in [1.82, 2.24) is 14.9 Å². The van der Waals surface area contributed by atoms with Crippen molar-refractivity contribution in [3.8, 4) is 11.5 Å². The fourth-order valence-corrected chi connectivity index (χ4v) is 5.06.